The minimum Gasteiger partial charge on any atom is -0.303 e. The summed E-state index contributed by atoms with van der Waals surface area (Å²) in [6.45, 7) is -0.467. The van der Waals surface area contributed by atoms with Gasteiger partial charge in [-0.05, 0) is 56.4 Å². The van der Waals surface area contributed by atoms with E-state index in [-0.39, 0.29) is 0 Å². The number of allylic oxidation sites excluding steroid dienone is 1. The summed E-state index contributed by atoms with van der Waals surface area (Å²) in [6, 6.07) is 5.89. The van der Waals surface area contributed by atoms with Crippen molar-refractivity contribution >= 4 is 17.2 Å². The van der Waals surface area contributed by atoms with Gasteiger partial charge in [-0.2, -0.15) is 0 Å². The fourth-order valence-corrected chi connectivity index (χ4v) is 3.23. The lowest BCUT2D eigenvalue weighted by atomic mass is 10.0. The summed E-state index contributed by atoms with van der Waals surface area (Å²) in [5, 5.41) is 0. The molecule has 1 aliphatic heterocycles. The van der Waals surface area contributed by atoms with Crippen LogP contribution >= 0.6 is 0 Å². The Hall–Kier alpha value is -2.42. The first kappa shape index (κ1) is 9.02. The predicted octanol–water partition coefficient (Wildman–Crippen LogP) is 3.87. The molecular weight excluding hydrogens is 282 g/mol. The number of aromatic nitrogens is 3. The Kier molecular flexibility index (Phi) is 1.88. The highest BCUT2D eigenvalue weighted by Crippen LogP contribution is 2.30. The van der Waals surface area contributed by atoms with Crippen molar-refractivity contribution < 1.29 is 12.8 Å². The Labute approximate surface area is 145 Å². The number of rotatable bonds is 1. The molecule has 0 atom stereocenters. The third-order valence-electron chi connectivity index (χ3n) is 4.50. The molecule has 116 valence electrons. The van der Waals surface area contributed by atoms with Crippen LogP contribution in [0.1, 0.15) is 37.6 Å². The molecule has 0 bridgehead atoms. The van der Waals surface area contributed by atoms with Gasteiger partial charge < -0.3 is 4.57 Å². The Bertz CT molecular complexity index is 1180. The van der Waals surface area contributed by atoms with E-state index in [1.165, 1.54) is 0 Å². The summed E-state index contributed by atoms with van der Waals surface area (Å²) >= 11 is 0. The van der Waals surface area contributed by atoms with E-state index in [0.717, 1.165) is 39.2 Å². The fourth-order valence-electron chi connectivity index (χ4n) is 3.23. The molecule has 3 heterocycles. The van der Waals surface area contributed by atoms with E-state index in [1.807, 2.05) is 48.2 Å². The number of hydrogen-bond donors (Lipinski definition) is 0. The van der Waals surface area contributed by atoms with Crippen LogP contribution in [0.2, 0.25) is 0 Å². The summed E-state index contributed by atoms with van der Waals surface area (Å²) < 4.78 is 49.7. The maximum atomic E-state index is 7.71. The van der Waals surface area contributed by atoms with Crippen LogP contribution in [0.3, 0.4) is 0 Å². The van der Waals surface area contributed by atoms with E-state index >= 15 is 0 Å². The lowest BCUT2D eigenvalue weighted by Gasteiger charge is -2.08. The second-order valence-corrected chi connectivity index (χ2v) is 6.25. The summed E-state index contributed by atoms with van der Waals surface area (Å²) in [7, 11) is 1.84. The molecule has 0 aliphatic carbocycles. The van der Waals surface area contributed by atoms with Crippen LogP contribution in [0.4, 0.5) is 0 Å². The molecule has 3 heteroatoms. The number of aryl methyl sites for hydroxylation is 4. The minimum absolute atomic E-state index is 0.319. The molecule has 0 saturated carbocycles. The Morgan fingerprint density at radius 1 is 1.13 bits per heavy atom. The van der Waals surface area contributed by atoms with Crippen LogP contribution in [0.15, 0.2) is 30.0 Å². The van der Waals surface area contributed by atoms with Gasteiger partial charge in [0.1, 0.15) is 12.9 Å². The molecule has 1 aliphatic rings. The van der Waals surface area contributed by atoms with Crippen molar-refractivity contribution in [3.05, 3.63) is 52.5 Å². The van der Waals surface area contributed by atoms with Gasteiger partial charge in [-0.15, -0.1) is 0 Å². The second kappa shape index (κ2) is 4.79. The first-order valence-corrected chi connectivity index (χ1v) is 7.60. The molecule has 0 radical (unpaired) electrons. The maximum absolute atomic E-state index is 7.71. The maximum Gasteiger partial charge on any atom is 0.212 e. The molecule has 3 nitrogen and oxygen atoms in total. The monoisotopic (exact) mass is 310 g/mol. The molecule has 0 unspecified atom stereocenters. The summed E-state index contributed by atoms with van der Waals surface area (Å²) in [4.78, 5) is 4.65. The Balaban J connectivity index is 1.85. The molecular formula is C20H22N3+. The zero-order valence-corrected chi connectivity index (χ0v) is 13.4. The van der Waals surface area contributed by atoms with Gasteiger partial charge in [0, 0.05) is 32.5 Å². The zero-order valence-electron chi connectivity index (χ0n) is 19.4. The topological polar surface area (TPSA) is 21.7 Å². The number of hydrogen-bond acceptors (Lipinski definition) is 1. The molecule has 4 rings (SSSR count). The largest absolute Gasteiger partial charge is 0.303 e. The van der Waals surface area contributed by atoms with Gasteiger partial charge in [-0.25, -0.2) is 9.55 Å². The first-order chi connectivity index (χ1) is 13.4. The third kappa shape index (κ3) is 2.11. The lowest BCUT2D eigenvalue weighted by molar-refractivity contribution is -0.660. The number of fused-ring (bicyclic) bond motifs is 3. The number of nitrogens with zero attached hydrogens (tertiary/aromatic N) is 3. The minimum atomic E-state index is -2.16. The average Bonchev–Trinajstić information content (AvgIpc) is 3.13. The van der Waals surface area contributed by atoms with Gasteiger partial charge in [-0.3, -0.25) is 0 Å². The molecule has 1 aromatic carbocycles. The van der Waals surface area contributed by atoms with Crippen LogP contribution in [0, 0.1) is 20.7 Å². The van der Waals surface area contributed by atoms with Crippen molar-refractivity contribution in [2.24, 2.45) is 7.05 Å². The highest BCUT2D eigenvalue weighted by Gasteiger charge is 2.20. The Morgan fingerprint density at radius 3 is 2.78 bits per heavy atom. The normalized spacial score (nSPS) is 18.5. The predicted molar refractivity (Wildman–Crippen MR) is 94.2 cm³/mol. The van der Waals surface area contributed by atoms with E-state index in [2.05, 4.69) is 4.98 Å². The van der Waals surface area contributed by atoms with E-state index < -0.39 is 13.7 Å². The van der Waals surface area contributed by atoms with Gasteiger partial charge in [0.15, 0.2) is 6.20 Å². The quantitative estimate of drug-likeness (QED) is 0.625. The lowest BCUT2D eigenvalue weighted by Crippen LogP contribution is -2.31. The van der Waals surface area contributed by atoms with Crippen LogP contribution in [0.5, 0.6) is 0 Å². The van der Waals surface area contributed by atoms with Crippen LogP contribution in [-0.4, -0.2) is 9.55 Å². The molecule has 23 heavy (non-hydrogen) atoms. The van der Waals surface area contributed by atoms with Crippen molar-refractivity contribution in [2.75, 3.05) is 0 Å². The summed E-state index contributed by atoms with van der Waals surface area (Å²) in [5.41, 5.74) is 6.00. The summed E-state index contributed by atoms with van der Waals surface area (Å²) in [6.07, 6.45) is 3.66. The van der Waals surface area contributed by atoms with Crippen LogP contribution in [0.25, 0.3) is 28.5 Å². The van der Waals surface area contributed by atoms with E-state index in [1.54, 1.807) is 12.4 Å². The summed E-state index contributed by atoms with van der Waals surface area (Å²) in [5.74, 6) is 0.723. The van der Waals surface area contributed by atoms with Crippen LogP contribution in [-0.2, 0) is 13.5 Å². The number of benzene rings is 1. The van der Waals surface area contributed by atoms with E-state index in [4.69, 9.17) is 8.22 Å². The first-order valence-electron chi connectivity index (χ1n) is 10.6. The van der Waals surface area contributed by atoms with Gasteiger partial charge in [0.05, 0.1) is 16.6 Å². The van der Waals surface area contributed by atoms with Gasteiger partial charge in [0.2, 0.25) is 5.69 Å². The SMILES string of the molecule is [2H]C([2H])([2H])C1=Cn2c(nc3cc(-c4cc(C)c(C([2H])([2H])[2H])c[n+]4C)c(C)cc32)C1. The van der Waals surface area contributed by atoms with Crippen molar-refractivity contribution in [3.8, 4) is 11.3 Å². The van der Waals surface area contributed by atoms with Crippen molar-refractivity contribution in [2.45, 2.75) is 34.0 Å². The van der Waals surface area contributed by atoms with Crippen molar-refractivity contribution in [1.29, 1.82) is 0 Å². The molecule has 0 saturated heterocycles. The number of pyridine rings is 1. The van der Waals surface area contributed by atoms with E-state index in [9.17, 15) is 0 Å². The standard InChI is InChI=1S/C20H22N3/c1-12-6-20-21-17-9-16(14(3)8-19(17)23(20)10-12)18-7-13(2)15(4)11-22(18)5/h7-11H,6H2,1-5H3/q+1/i1D3,4D3. The van der Waals surface area contributed by atoms with Gasteiger partial charge >= 0.3 is 0 Å². The van der Waals surface area contributed by atoms with Crippen LogP contribution < -0.4 is 4.57 Å². The molecule has 0 spiro atoms. The Morgan fingerprint density at radius 2 is 2.00 bits per heavy atom. The van der Waals surface area contributed by atoms with Gasteiger partial charge in [0.25, 0.3) is 0 Å². The molecule has 2 aromatic heterocycles. The highest BCUT2D eigenvalue weighted by atomic mass is 15.1. The molecule has 0 amide bonds. The van der Waals surface area contributed by atoms with Crippen molar-refractivity contribution in [3.63, 3.8) is 0 Å². The highest BCUT2D eigenvalue weighted by molar-refractivity contribution is 5.85. The average molecular weight is 310 g/mol. The fraction of sp³-hybridized carbons (Fsp3) is 0.300. The van der Waals surface area contributed by atoms with E-state index in [0.29, 0.717) is 17.6 Å². The zero-order chi connectivity index (χ0) is 21.3. The molecule has 0 N–H and O–H groups in total. The number of imidazole rings is 1. The van der Waals surface area contributed by atoms with Gasteiger partial charge in [-0.1, -0.05) is 0 Å². The third-order valence-corrected chi connectivity index (χ3v) is 4.50. The molecule has 0 fully saturated rings. The smallest absolute Gasteiger partial charge is 0.212 e. The van der Waals surface area contributed by atoms with Crippen molar-refractivity contribution in [1.82, 2.24) is 9.55 Å². The second-order valence-electron chi connectivity index (χ2n) is 6.25. The molecule has 3 aromatic rings.